The van der Waals surface area contributed by atoms with Crippen LogP contribution in [0.3, 0.4) is 0 Å². The van der Waals surface area contributed by atoms with E-state index >= 15 is 0 Å². The van der Waals surface area contributed by atoms with Gasteiger partial charge < -0.3 is 15.0 Å². The van der Waals surface area contributed by atoms with Crippen molar-refractivity contribution in [2.75, 3.05) is 17.5 Å². The fourth-order valence-corrected chi connectivity index (χ4v) is 5.58. The highest BCUT2D eigenvalue weighted by molar-refractivity contribution is 7.92. The predicted molar refractivity (Wildman–Crippen MR) is 158 cm³/mol. The van der Waals surface area contributed by atoms with Crippen molar-refractivity contribution in [2.24, 2.45) is 0 Å². The second kappa shape index (κ2) is 13.9. The van der Waals surface area contributed by atoms with E-state index in [2.05, 4.69) is 5.32 Å². The van der Waals surface area contributed by atoms with Crippen LogP contribution in [0.4, 0.5) is 5.69 Å². The van der Waals surface area contributed by atoms with Crippen molar-refractivity contribution in [2.45, 2.75) is 51.2 Å². The van der Waals surface area contributed by atoms with Crippen LogP contribution in [0, 0.1) is 0 Å². The molecule has 3 rings (SSSR count). The molecule has 0 aliphatic rings. The van der Waals surface area contributed by atoms with E-state index in [-0.39, 0.29) is 29.1 Å². The highest BCUT2D eigenvalue weighted by atomic mass is 35.5. The molecule has 1 atom stereocenters. The Morgan fingerprint density at radius 3 is 1.95 bits per heavy atom. The standard InChI is InChI=1S/C29H33Cl2N3O5S/c1-5-39-26-14-12-25(13-15-26)34(40(37,38)27-16-10-24(31)11-17-27)19-28(35)33(21(4)29(36)32-20(2)3)18-22-6-8-23(30)9-7-22/h6-17,20-21H,5,18-19H2,1-4H3,(H,32,36). The Morgan fingerprint density at radius 1 is 0.875 bits per heavy atom. The van der Waals surface area contributed by atoms with Crippen LogP contribution in [0.1, 0.15) is 33.3 Å². The molecule has 214 valence electrons. The van der Waals surface area contributed by atoms with Crippen LogP contribution in [0.15, 0.2) is 77.7 Å². The largest absolute Gasteiger partial charge is 0.494 e. The molecule has 0 spiro atoms. The van der Waals surface area contributed by atoms with Crippen LogP contribution < -0.4 is 14.4 Å². The van der Waals surface area contributed by atoms with Crippen molar-refractivity contribution >= 4 is 50.7 Å². The van der Waals surface area contributed by atoms with Gasteiger partial charge in [0.15, 0.2) is 0 Å². The number of carbonyl (C=O) groups is 2. The molecule has 0 bridgehead atoms. The highest BCUT2D eigenvalue weighted by Gasteiger charge is 2.32. The summed E-state index contributed by atoms with van der Waals surface area (Å²) in [4.78, 5) is 28.2. The molecular formula is C29H33Cl2N3O5S. The summed E-state index contributed by atoms with van der Waals surface area (Å²) in [7, 11) is -4.20. The molecule has 0 aliphatic heterocycles. The topological polar surface area (TPSA) is 96.0 Å². The van der Waals surface area contributed by atoms with E-state index in [1.54, 1.807) is 55.5 Å². The van der Waals surface area contributed by atoms with E-state index in [0.29, 0.717) is 22.4 Å². The maximum absolute atomic E-state index is 13.9. The molecule has 3 aromatic carbocycles. The summed E-state index contributed by atoms with van der Waals surface area (Å²) in [6, 6.07) is 18.0. The molecule has 0 saturated heterocycles. The molecule has 1 unspecified atom stereocenters. The number of anilines is 1. The van der Waals surface area contributed by atoms with Gasteiger partial charge in [-0.2, -0.15) is 0 Å². The van der Waals surface area contributed by atoms with Gasteiger partial charge in [0, 0.05) is 22.6 Å². The van der Waals surface area contributed by atoms with E-state index in [0.717, 1.165) is 9.87 Å². The van der Waals surface area contributed by atoms with E-state index < -0.39 is 28.5 Å². The fraction of sp³-hybridized carbons (Fsp3) is 0.310. The fourth-order valence-electron chi connectivity index (χ4n) is 3.91. The Bertz CT molecular complexity index is 1400. The average Bonchev–Trinajstić information content (AvgIpc) is 2.91. The lowest BCUT2D eigenvalue weighted by Gasteiger charge is -2.32. The molecule has 3 aromatic rings. The first-order valence-corrected chi connectivity index (χ1v) is 15.0. The highest BCUT2D eigenvalue weighted by Crippen LogP contribution is 2.27. The van der Waals surface area contributed by atoms with Crippen LogP contribution in [-0.4, -0.2) is 50.4 Å². The van der Waals surface area contributed by atoms with Gasteiger partial charge in [-0.15, -0.1) is 0 Å². The quantitative estimate of drug-likeness (QED) is 0.293. The maximum Gasteiger partial charge on any atom is 0.264 e. The number of benzene rings is 3. The number of rotatable bonds is 12. The van der Waals surface area contributed by atoms with E-state index in [1.165, 1.54) is 29.2 Å². The van der Waals surface area contributed by atoms with E-state index in [1.807, 2.05) is 20.8 Å². The van der Waals surface area contributed by atoms with Gasteiger partial charge in [-0.1, -0.05) is 35.3 Å². The van der Waals surface area contributed by atoms with Crippen LogP contribution in [-0.2, 0) is 26.2 Å². The first-order chi connectivity index (χ1) is 18.9. The number of halogens is 2. The third-order valence-electron chi connectivity index (χ3n) is 5.98. The molecule has 1 N–H and O–H groups in total. The van der Waals surface area contributed by atoms with Crippen molar-refractivity contribution in [1.82, 2.24) is 10.2 Å². The number of hydrogen-bond donors (Lipinski definition) is 1. The number of sulfonamides is 1. The monoisotopic (exact) mass is 605 g/mol. The summed E-state index contributed by atoms with van der Waals surface area (Å²) in [5.74, 6) is -0.358. The number of nitrogens with one attached hydrogen (secondary N) is 1. The molecular weight excluding hydrogens is 573 g/mol. The number of nitrogens with zero attached hydrogens (tertiary/aromatic N) is 2. The van der Waals surface area contributed by atoms with Crippen LogP contribution in [0.25, 0.3) is 0 Å². The van der Waals surface area contributed by atoms with Crippen LogP contribution >= 0.6 is 23.2 Å². The number of carbonyl (C=O) groups excluding carboxylic acids is 2. The molecule has 0 aliphatic carbocycles. The smallest absolute Gasteiger partial charge is 0.264 e. The summed E-state index contributed by atoms with van der Waals surface area (Å²) in [6.45, 7) is 7.06. The molecule has 0 fully saturated rings. The Kier molecular flexibility index (Phi) is 10.8. The van der Waals surface area contributed by atoms with Gasteiger partial charge in [0.25, 0.3) is 10.0 Å². The molecule has 8 nitrogen and oxygen atoms in total. The van der Waals surface area contributed by atoms with Gasteiger partial charge in [-0.05, 0) is 93.9 Å². The van der Waals surface area contributed by atoms with E-state index in [4.69, 9.17) is 27.9 Å². The Hall–Kier alpha value is -3.27. The van der Waals surface area contributed by atoms with Crippen molar-refractivity contribution < 1.29 is 22.7 Å². The second-order valence-corrected chi connectivity index (χ2v) is 12.1. The van der Waals surface area contributed by atoms with E-state index in [9.17, 15) is 18.0 Å². The zero-order valence-electron chi connectivity index (χ0n) is 22.8. The Morgan fingerprint density at radius 2 is 1.43 bits per heavy atom. The summed E-state index contributed by atoms with van der Waals surface area (Å²) >= 11 is 12.0. The molecule has 0 heterocycles. The molecule has 0 radical (unpaired) electrons. The summed E-state index contributed by atoms with van der Waals surface area (Å²) in [5.41, 5.74) is 0.993. The van der Waals surface area contributed by atoms with Gasteiger partial charge in [-0.3, -0.25) is 13.9 Å². The van der Waals surface area contributed by atoms with Crippen molar-refractivity contribution in [3.63, 3.8) is 0 Å². The Balaban J connectivity index is 2.02. The minimum atomic E-state index is -4.20. The number of amides is 2. The summed E-state index contributed by atoms with van der Waals surface area (Å²) in [6.07, 6.45) is 0. The van der Waals surface area contributed by atoms with Gasteiger partial charge in [-0.25, -0.2) is 8.42 Å². The third-order valence-corrected chi connectivity index (χ3v) is 8.27. The Labute approximate surface area is 245 Å². The second-order valence-electron chi connectivity index (χ2n) is 9.38. The molecule has 2 amide bonds. The first kappa shape index (κ1) is 31.3. The molecule has 11 heteroatoms. The summed E-state index contributed by atoms with van der Waals surface area (Å²) < 4.78 is 34.2. The molecule has 0 aromatic heterocycles. The zero-order valence-corrected chi connectivity index (χ0v) is 25.1. The lowest BCUT2D eigenvalue weighted by atomic mass is 10.1. The minimum Gasteiger partial charge on any atom is -0.494 e. The van der Waals surface area contributed by atoms with Gasteiger partial charge in [0.1, 0.15) is 18.3 Å². The SMILES string of the molecule is CCOc1ccc(N(CC(=O)N(Cc2ccc(Cl)cc2)C(C)C(=O)NC(C)C)S(=O)(=O)c2ccc(Cl)cc2)cc1. The van der Waals surface area contributed by atoms with Crippen molar-refractivity contribution in [3.8, 4) is 5.75 Å². The van der Waals surface area contributed by atoms with Crippen LogP contribution in [0.5, 0.6) is 5.75 Å². The zero-order chi connectivity index (χ0) is 29.4. The minimum absolute atomic E-state index is 0.0339. The number of ether oxygens (including phenoxy) is 1. The third kappa shape index (κ3) is 8.13. The summed E-state index contributed by atoms with van der Waals surface area (Å²) in [5, 5.41) is 3.73. The van der Waals surface area contributed by atoms with Crippen molar-refractivity contribution in [1.29, 1.82) is 0 Å². The molecule has 0 saturated carbocycles. The normalized spacial score (nSPS) is 12.1. The van der Waals surface area contributed by atoms with Crippen molar-refractivity contribution in [3.05, 3.63) is 88.4 Å². The van der Waals surface area contributed by atoms with Gasteiger partial charge in [0.2, 0.25) is 11.8 Å². The maximum atomic E-state index is 13.9. The molecule has 40 heavy (non-hydrogen) atoms. The number of hydrogen-bond acceptors (Lipinski definition) is 5. The van der Waals surface area contributed by atoms with Crippen LogP contribution in [0.2, 0.25) is 10.0 Å². The average molecular weight is 607 g/mol. The van der Waals surface area contributed by atoms with Gasteiger partial charge in [0.05, 0.1) is 17.2 Å². The first-order valence-electron chi connectivity index (χ1n) is 12.8. The lowest BCUT2D eigenvalue weighted by Crippen LogP contribution is -2.52. The predicted octanol–water partition coefficient (Wildman–Crippen LogP) is 5.53. The lowest BCUT2D eigenvalue weighted by molar-refractivity contribution is -0.139. The van der Waals surface area contributed by atoms with Gasteiger partial charge >= 0.3 is 0 Å².